The third kappa shape index (κ3) is 24.6. The maximum Gasteiger partial charge on any atom is 3.00 e. The minimum absolute atomic E-state index is 0. The SMILES string of the molecule is CCCCP(=O)([O-])CCc1ccc(C)cc1.CCCCP(=O)([O-])CCc1ccc(C)cc1.CCCCP(=O)([O-])CCc1ccc(C)cc1.[Fe+3]. The molecule has 0 bridgehead atoms. The van der Waals surface area contributed by atoms with Crippen LogP contribution in [-0.4, -0.2) is 37.0 Å². The van der Waals surface area contributed by atoms with Gasteiger partial charge in [-0.2, -0.15) is 0 Å². The number of benzene rings is 3. The van der Waals surface area contributed by atoms with Crippen molar-refractivity contribution in [3.05, 3.63) is 106 Å². The van der Waals surface area contributed by atoms with E-state index in [9.17, 15) is 28.4 Å². The van der Waals surface area contributed by atoms with E-state index < -0.39 is 22.1 Å². The van der Waals surface area contributed by atoms with Crippen LogP contribution in [0.3, 0.4) is 0 Å². The molecule has 0 N–H and O–H groups in total. The first-order valence-corrected chi connectivity index (χ1v) is 23.6. The van der Waals surface area contributed by atoms with Gasteiger partial charge in [0.25, 0.3) is 0 Å². The molecule has 3 unspecified atom stereocenters. The van der Waals surface area contributed by atoms with Crippen LogP contribution in [0.25, 0.3) is 0 Å². The first-order valence-electron chi connectivity index (χ1n) is 17.6. The Kier molecular flexibility index (Phi) is 25.0. The van der Waals surface area contributed by atoms with E-state index in [1.807, 2.05) is 114 Å². The van der Waals surface area contributed by atoms with Gasteiger partial charge < -0.3 is 28.4 Å². The minimum atomic E-state index is -3.14. The zero-order valence-electron chi connectivity index (χ0n) is 30.7. The summed E-state index contributed by atoms with van der Waals surface area (Å²) in [5.74, 6) is 0. The van der Waals surface area contributed by atoms with E-state index in [0.29, 0.717) is 56.2 Å². The van der Waals surface area contributed by atoms with Gasteiger partial charge in [0.2, 0.25) is 0 Å². The smallest absolute Gasteiger partial charge is 0.799 e. The van der Waals surface area contributed by atoms with Gasteiger partial charge in [-0.1, -0.05) is 130 Å². The van der Waals surface area contributed by atoms with Crippen molar-refractivity contribution in [3.63, 3.8) is 0 Å². The zero-order valence-corrected chi connectivity index (χ0v) is 34.5. The molecular weight excluding hydrogens is 713 g/mol. The quantitative estimate of drug-likeness (QED) is 0.0941. The Morgan fingerprint density at radius 2 is 0.612 bits per heavy atom. The third-order valence-corrected chi connectivity index (χ3v) is 13.9. The van der Waals surface area contributed by atoms with Crippen LogP contribution < -0.4 is 14.7 Å². The summed E-state index contributed by atoms with van der Waals surface area (Å²) in [7, 11) is -9.41. The molecule has 0 aliphatic carbocycles. The molecule has 6 nitrogen and oxygen atoms in total. The van der Waals surface area contributed by atoms with Crippen molar-refractivity contribution in [1.29, 1.82) is 0 Å². The number of unbranched alkanes of at least 4 members (excludes halogenated alkanes) is 3. The van der Waals surface area contributed by atoms with E-state index in [1.54, 1.807) is 0 Å². The Bertz CT molecular complexity index is 1250. The molecule has 0 saturated carbocycles. The van der Waals surface area contributed by atoms with Crippen molar-refractivity contribution in [3.8, 4) is 0 Å². The van der Waals surface area contributed by atoms with E-state index in [-0.39, 0.29) is 17.1 Å². The Morgan fingerprint density at radius 3 is 0.796 bits per heavy atom. The van der Waals surface area contributed by atoms with Crippen molar-refractivity contribution < 1.29 is 45.4 Å². The zero-order chi connectivity index (χ0) is 36.1. The molecular formula is C39H60FeO6P3. The van der Waals surface area contributed by atoms with Crippen LogP contribution in [0.1, 0.15) is 92.7 Å². The number of rotatable bonds is 18. The maximum absolute atomic E-state index is 11.7. The normalized spacial score (nSPS) is 14.4. The Balaban J connectivity index is 0.000000698. The van der Waals surface area contributed by atoms with Gasteiger partial charge in [0.05, 0.1) is 0 Å². The summed E-state index contributed by atoms with van der Waals surface area (Å²) in [5.41, 5.74) is 6.95. The van der Waals surface area contributed by atoms with Crippen molar-refractivity contribution in [2.24, 2.45) is 0 Å². The molecule has 0 amide bonds. The Labute approximate surface area is 308 Å². The molecule has 3 aromatic rings. The van der Waals surface area contributed by atoms with Crippen molar-refractivity contribution in [2.75, 3.05) is 37.0 Å². The van der Waals surface area contributed by atoms with E-state index >= 15 is 0 Å². The monoisotopic (exact) mass is 773 g/mol. The molecule has 3 aromatic carbocycles. The summed E-state index contributed by atoms with van der Waals surface area (Å²) < 4.78 is 35.0. The molecule has 0 heterocycles. The van der Waals surface area contributed by atoms with Gasteiger partial charge in [-0.05, 0) is 113 Å². The molecule has 0 aliphatic rings. The van der Waals surface area contributed by atoms with Gasteiger partial charge in [-0.25, -0.2) is 0 Å². The summed E-state index contributed by atoms with van der Waals surface area (Å²) >= 11 is 0. The van der Waals surface area contributed by atoms with Crippen LogP contribution in [0, 0.1) is 20.8 Å². The average molecular weight is 774 g/mol. The number of aryl methyl sites for hydroxylation is 6. The van der Waals surface area contributed by atoms with E-state index in [0.717, 1.165) is 55.2 Å². The fraction of sp³-hybridized carbons (Fsp3) is 0.538. The van der Waals surface area contributed by atoms with Crippen LogP contribution in [0.15, 0.2) is 72.8 Å². The maximum atomic E-state index is 11.7. The van der Waals surface area contributed by atoms with Gasteiger partial charge in [-0.15, -0.1) is 0 Å². The third-order valence-electron chi connectivity index (χ3n) is 8.14. The molecule has 0 aromatic heterocycles. The van der Waals surface area contributed by atoms with Crippen LogP contribution in [0.4, 0.5) is 0 Å². The second kappa shape index (κ2) is 25.7. The van der Waals surface area contributed by atoms with Crippen LogP contribution in [0.2, 0.25) is 0 Å². The number of hydrogen-bond acceptors (Lipinski definition) is 6. The second-order valence-corrected chi connectivity index (χ2v) is 20.6. The van der Waals surface area contributed by atoms with Crippen molar-refractivity contribution in [1.82, 2.24) is 0 Å². The summed E-state index contributed by atoms with van der Waals surface area (Å²) in [6.07, 6.45) is 9.09. The fourth-order valence-corrected chi connectivity index (χ4v) is 9.56. The minimum Gasteiger partial charge on any atom is -0.799 e. The molecule has 3 atom stereocenters. The second-order valence-electron chi connectivity index (χ2n) is 13.1. The Morgan fingerprint density at radius 1 is 0.408 bits per heavy atom. The largest absolute Gasteiger partial charge is 3.00 e. The van der Waals surface area contributed by atoms with Crippen molar-refractivity contribution >= 4 is 22.1 Å². The standard InChI is InChI=1S/3C13H21O2P.Fe/c3*1-3-4-10-16(14,15)11-9-13-7-5-12(2)6-8-13;/h3*5-8H,3-4,9-11H2,1-2H3,(H,14,15);/q;;;+3/p-3. The molecule has 49 heavy (non-hydrogen) atoms. The van der Waals surface area contributed by atoms with E-state index in [4.69, 9.17) is 0 Å². The predicted molar refractivity (Wildman–Crippen MR) is 201 cm³/mol. The molecule has 0 saturated heterocycles. The van der Waals surface area contributed by atoms with Gasteiger partial charge in [-0.3, -0.25) is 0 Å². The molecule has 0 fully saturated rings. The number of hydrogen-bond donors (Lipinski definition) is 0. The first-order chi connectivity index (χ1) is 22.6. The summed E-state index contributed by atoms with van der Waals surface area (Å²) in [5, 5.41) is 0. The molecule has 3 rings (SSSR count). The van der Waals surface area contributed by atoms with E-state index in [2.05, 4.69) is 0 Å². The van der Waals surface area contributed by atoms with Gasteiger partial charge in [0.1, 0.15) is 0 Å². The Hall–Kier alpha value is -1.25. The van der Waals surface area contributed by atoms with Gasteiger partial charge >= 0.3 is 17.1 Å². The molecule has 1 radical (unpaired) electrons. The van der Waals surface area contributed by atoms with Crippen LogP contribution >= 0.6 is 22.1 Å². The fourth-order valence-electron chi connectivity index (χ4n) is 4.70. The summed E-state index contributed by atoms with van der Waals surface area (Å²) in [6.45, 7) is 12.1. The van der Waals surface area contributed by atoms with Crippen molar-refractivity contribution in [2.45, 2.75) is 99.3 Å². The molecule has 275 valence electrons. The first kappa shape index (κ1) is 47.7. The van der Waals surface area contributed by atoms with E-state index in [1.165, 1.54) is 16.7 Å². The average Bonchev–Trinajstić information content (AvgIpc) is 3.05. The molecule has 0 spiro atoms. The molecule has 10 heteroatoms. The van der Waals surface area contributed by atoms with Crippen LogP contribution in [0.5, 0.6) is 0 Å². The summed E-state index contributed by atoms with van der Waals surface area (Å²) in [6, 6.07) is 24.2. The van der Waals surface area contributed by atoms with Gasteiger partial charge in [0.15, 0.2) is 0 Å². The summed E-state index contributed by atoms with van der Waals surface area (Å²) in [4.78, 5) is 35.0. The van der Waals surface area contributed by atoms with Gasteiger partial charge in [0, 0.05) is 22.1 Å². The topological polar surface area (TPSA) is 120 Å². The van der Waals surface area contributed by atoms with Crippen LogP contribution in [-0.2, 0) is 50.0 Å². The predicted octanol–water partition coefficient (Wildman–Crippen LogP) is 8.93. The molecule has 0 aliphatic heterocycles.